The summed E-state index contributed by atoms with van der Waals surface area (Å²) in [6.07, 6.45) is 6.84. The molecule has 2 aromatic carbocycles. The second-order valence-corrected chi connectivity index (χ2v) is 7.46. The van der Waals surface area contributed by atoms with Crippen molar-refractivity contribution in [2.45, 2.75) is 33.1 Å². The quantitative estimate of drug-likeness (QED) is 0.659. The molecule has 1 fully saturated rings. The van der Waals surface area contributed by atoms with Crippen LogP contribution >= 0.6 is 0 Å². The zero-order valence-electron chi connectivity index (χ0n) is 16.9. The van der Waals surface area contributed by atoms with Gasteiger partial charge in [0, 0.05) is 30.5 Å². The molecule has 0 saturated carbocycles. The molecule has 0 bridgehead atoms. The number of hydrogen-bond acceptors (Lipinski definition) is 3. The summed E-state index contributed by atoms with van der Waals surface area (Å²) in [5.41, 5.74) is 3.01. The smallest absolute Gasteiger partial charge is 0.248 e. The van der Waals surface area contributed by atoms with Gasteiger partial charge in [-0.2, -0.15) is 0 Å². The van der Waals surface area contributed by atoms with Crippen LogP contribution in [0, 0.1) is 5.92 Å². The number of carbonyl (C=O) groups is 1. The molecule has 1 amide bonds. The molecule has 1 heterocycles. The second-order valence-electron chi connectivity index (χ2n) is 7.46. The van der Waals surface area contributed by atoms with E-state index >= 15 is 0 Å². The first-order chi connectivity index (χ1) is 13.6. The Labute approximate surface area is 168 Å². The highest BCUT2D eigenvalue weighted by molar-refractivity contribution is 6.02. The lowest BCUT2D eigenvalue weighted by Crippen LogP contribution is -2.32. The van der Waals surface area contributed by atoms with Crippen LogP contribution in [0.4, 0.5) is 11.4 Å². The van der Waals surface area contributed by atoms with Gasteiger partial charge >= 0.3 is 0 Å². The topological polar surface area (TPSA) is 41.6 Å². The number of nitrogens with one attached hydrogen (secondary N) is 1. The van der Waals surface area contributed by atoms with Crippen LogP contribution in [0.1, 0.15) is 38.7 Å². The molecule has 1 aliphatic rings. The van der Waals surface area contributed by atoms with E-state index in [0.717, 1.165) is 42.4 Å². The van der Waals surface area contributed by atoms with Crippen LogP contribution in [0.25, 0.3) is 6.08 Å². The fourth-order valence-electron chi connectivity index (χ4n) is 3.27. The molecule has 0 radical (unpaired) electrons. The van der Waals surface area contributed by atoms with Gasteiger partial charge in [0.2, 0.25) is 5.91 Å². The van der Waals surface area contributed by atoms with E-state index in [2.05, 4.69) is 36.2 Å². The van der Waals surface area contributed by atoms with Crippen LogP contribution in [0.3, 0.4) is 0 Å². The van der Waals surface area contributed by atoms with E-state index in [0.29, 0.717) is 6.61 Å². The Morgan fingerprint density at radius 3 is 2.43 bits per heavy atom. The van der Waals surface area contributed by atoms with Crippen LogP contribution in [-0.2, 0) is 4.79 Å². The van der Waals surface area contributed by atoms with Gasteiger partial charge in [0.25, 0.3) is 0 Å². The molecule has 1 N–H and O–H groups in total. The third kappa shape index (κ3) is 5.88. The van der Waals surface area contributed by atoms with Gasteiger partial charge < -0.3 is 15.0 Å². The summed E-state index contributed by atoms with van der Waals surface area (Å²) in [6, 6.07) is 15.9. The van der Waals surface area contributed by atoms with Gasteiger partial charge in [-0.1, -0.05) is 26.0 Å². The van der Waals surface area contributed by atoms with Crippen LogP contribution < -0.4 is 15.0 Å². The lowest BCUT2D eigenvalue weighted by atomic mass is 9.99. The minimum absolute atomic E-state index is 0.133. The molecule has 1 saturated heterocycles. The molecule has 0 aromatic heterocycles. The number of piperidine rings is 1. The van der Waals surface area contributed by atoms with Crippen molar-refractivity contribution in [1.29, 1.82) is 0 Å². The average Bonchev–Trinajstić information content (AvgIpc) is 2.73. The van der Waals surface area contributed by atoms with Gasteiger partial charge in [-0.25, -0.2) is 0 Å². The Morgan fingerprint density at radius 2 is 1.79 bits per heavy atom. The number of ether oxygens (including phenoxy) is 1. The molecular weight excluding hydrogens is 348 g/mol. The first-order valence-electron chi connectivity index (χ1n) is 10.2. The SMILES string of the molecule is CCCOc1ccc(/C=C/C(=O)Nc2ccc(N3CCC(C)CC3)cc2)cc1. The first kappa shape index (κ1) is 20.0. The Kier molecular flexibility index (Phi) is 7.12. The van der Waals surface area contributed by atoms with Gasteiger partial charge in [-0.05, 0) is 73.2 Å². The van der Waals surface area contributed by atoms with Crippen molar-refractivity contribution in [2.75, 3.05) is 29.9 Å². The Balaban J connectivity index is 1.50. The van der Waals surface area contributed by atoms with Crippen molar-refractivity contribution in [3.8, 4) is 5.75 Å². The van der Waals surface area contributed by atoms with Crippen LogP contribution in [0.15, 0.2) is 54.6 Å². The minimum atomic E-state index is -0.133. The highest BCUT2D eigenvalue weighted by atomic mass is 16.5. The van der Waals surface area contributed by atoms with Gasteiger partial charge in [-0.3, -0.25) is 4.79 Å². The number of carbonyl (C=O) groups excluding carboxylic acids is 1. The number of hydrogen-bond donors (Lipinski definition) is 1. The van der Waals surface area contributed by atoms with Crippen LogP contribution in [-0.4, -0.2) is 25.6 Å². The summed E-state index contributed by atoms with van der Waals surface area (Å²) in [6.45, 7) is 7.33. The Hall–Kier alpha value is -2.75. The summed E-state index contributed by atoms with van der Waals surface area (Å²) in [4.78, 5) is 14.6. The monoisotopic (exact) mass is 378 g/mol. The standard InChI is InChI=1S/C24H30N2O2/c1-3-18-28-23-11-4-20(5-12-23)6-13-24(27)25-21-7-9-22(10-8-21)26-16-14-19(2)15-17-26/h4-13,19H,3,14-18H2,1-2H3,(H,25,27)/b13-6+. The minimum Gasteiger partial charge on any atom is -0.494 e. The van der Waals surface area contributed by atoms with Crippen molar-refractivity contribution in [1.82, 2.24) is 0 Å². The maximum absolute atomic E-state index is 12.2. The summed E-state index contributed by atoms with van der Waals surface area (Å²) in [5, 5.41) is 2.92. The Bertz CT molecular complexity index is 773. The number of amides is 1. The zero-order valence-corrected chi connectivity index (χ0v) is 16.9. The van der Waals surface area contributed by atoms with Crippen LogP contribution in [0.2, 0.25) is 0 Å². The predicted octanol–water partition coefficient (Wildman–Crippen LogP) is 5.36. The largest absolute Gasteiger partial charge is 0.494 e. The molecular formula is C24H30N2O2. The third-order valence-corrected chi connectivity index (χ3v) is 5.06. The number of rotatable bonds is 7. The van der Waals surface area contributed by atoms with Gasteiger partial charge in [0.15, 0.2) is 0 Å². The van der Waals surface area contributed by atoms with Crippen molar-refractivity contribution in [3.63, 3.8) is 0 Å². The summed E-state index contributed by atoms with van der Waals surface area (Å²) in [7, 11) is 0. The highest BCUT2D eigenvalue weighted by Gasteiger charge is 2.15. The predicted molar refractivity (Wildman–Crippen MR) is 117 cm³/mol. The molecule has 28 heavy (non-hydrogen) atoms. The molecule has 0 spiro atoms. The summed E-state index contributed by atoms with van der Waals surface area (Å²) >= 11 is 0. The Morgan fingerprint density at radius 1 is 1.11 bits per heavy atom. The maximum Gasteiger partial charge on any atom is 0.248 e. The van der Waals surface area contributed by atoms with Gasteiger partial charge in [0.05, 0.1) is 6.61 Å². The van der Waals surface area contributed by atoms with E-state index in [9.17, 15) is 4.79 Å². The summed E-state index contributed by atoms with van der Waals surface area (Å²) in [5.74, 6) is 1.54. The molecule has 148 valence electrons. The van der Waals surface area contributed by atoms with E-state index in [1.165, 1.54) is 18.5 Å². The fraction of sp³-hybridized carbons (Fsp3) is 0.375. The molecule has 0 aliphatic carbocycles. The van der Waals surface area contributed by atoms with Crippen LogP contribution in [0.5, 0.6) is 5.75 Å². The molecule has 0 unspecified atom stereocenters. The number of anilines is 2. The first-order valence-corrected chi connectivity index (χ1v) is 10.2. The number of nitrogens with zero attached hydrogens (tertiary/aromatic N) is 1. The molecule has 3 rings (SSSR count). The van der Waals surface area contributed by atoms with E-state index in [4.69, 9.17) is 4.74 Å². The molecule has 4 nitrogen and oxygen atoms in total. The zero-order chi connectivity index (χ0) is 19.8. The molecule has 4 heteroatoms. The van der Waals surface area contributed by atoms with Crippen molar-refractivity contribution in [2.24, 2.45) is 5.92 Å². The van der Waals surface area contributed by atoms with Crippen molar-refractivity contribution < 1.29 is 9.53 Å². The third-order valence-electron chi connectivity index (χ3n) is 5.06. The lowest BCUT2D eigenvalue weighted by Gasteiger charge is -2.32. The number of benzene rings is 2. The molecule has 2 aromatic rings. The second kappa shape index (κ2) is 9.98. The molecule has 1 aliphatic heterocycles. The maximum atomic E-state index is 12.2. The van der Waals surface area contributed by atoms with E-state index < -0.39 is 0 Å². The van der Waals surface area contributed by atoms with Crippen molar-refractivity contribution in [3.05, 3.63) is 60.2 Å². The normalized spacial score (nSPS) is 15.0. The van der Waals surface area contributed by atoms with E-state index in [-0.39, 0.29) is 5.91 Å². The highest BCUT2D eigenvalue weighted by Crippen LogP contribution is 2.24. The van der Waals surface area contributed by atoms with E-state index in [1.807, 2.05) is 42.5 Å². The van der Waals surface area contributed by atoms with Gasteiger partial charge in [0.1, 0.15) is 5.75 Å². The van der Waals surface area contributed by atoms with E-state index in [1.54, 1.807) is 6.08 Å². The lowest BCUT2D eigenvalue weighted by molar-refractivity contribution is -0.111. The summed E-state index contributed by atoms with van der Waals surface area (Å²) < 4.78 is 5.57. The van der Waals surface area contributed by atoms with Crippen molar-refractivity contribution >= 4 is 23.4 Å². The average molecular weight is 379 g/mol. The molecule has 0 atom stereocenters. The van der Waals surface area contributed by atoms with Gasteiger partial charge in [-0.15, -0.1) is 0 Å². The fourth-order valence-corrected chi connectivity index (χ4v) is 3.27.